The molecule has 9 heteroatoms. The Labute approximate surface area is 163 Å². The standard InChI is InChI=1S/C19H26N2O7/c1-12-9-21(10-13(2)28-12)17(22)11-27-18(23)8-20-19(24)14-5-15(25-3)7-16(6-14)26-4/h5-7,12-13H,8-11H2,1-4H3,(H,20,24)/t12-,13-/m0/s1. The van der Waals surface area contributed by atoms with Gasteiger partial charge in [-0.15, -0.1) is 0 Å². The third kappa shape index (κ3) is 6.12. The van der Waals surface area contributed by atoms with Crippen LogP contribution in [0.15, 0.2) is 18.2 Å². The number of hydrogen-bond donors (Lipinski definition) is 1. The Morgan fingerprint density at radius 3 is 2.18 bits per heavy atom. The predicted molar refractivity (Wildman–Crippen MR) is 99.4 cm³/mol. The number of nitrogens with one attached hydrogen (secondary N) is 1. The van der Waals surface area contributed by atoms with Crippen molar-refractivity contribution in [3.8, 4) is 11.5 Å². The van der Waals surface area contributed by atoms with E-state index >= 15 is 0 Å². The molecule has 0 aromatic heterocycles. The topological polar surface area (TPSA) is 103 Å². The van der Waals surface area contributed by atoms with Crippen LogP contribution in [-0.4, -0.2) is 75.4 Å². The Kier molecular flexibility index (Phi) is 7.62. The number of methoxy groups -OCH3 is 2. The molecule has 1 aliphatic heterocycles. The molecule has 1 aliphatic rings. The van der Waals surface area contributed by atoms with Gasteiger partial charge in [-0.3, -0.25) is 14.4 Å². The number of morpholine rings is 1. The van der Waals surface area contributed by atoms with Gasteiger partial charge in [-0.2, -0.15) is 0 Å². The van der Waals surface area contributed by atoms with Gasteiger partial charge >= 0.3 is 5.97 Å². The van der Waals surface area contributed by atoms with Gasteiger partial charge in [0.15, 0.2) is 6.61 Å². The molecule has 1 fully saturated rings. The Hall–Kier alpha value is -2.81. The van der Waals surface area contributed by atoms with E-state index in [2.05, 4.69) is 5.32 Å². The number of nitrogens with zero attached hydrogens (tertiary/aromatic N) is 1. The van der Waals surface area contributed by atoms with E-state index in [-0.39, 0.29) is 36.8 Å². The fourth-order valence-electron chi connectivity index (χ4n) is 2.86. The molecular weight excluding hydrogens is 368 g/mol. The van der Waals surface area contributed by atoms with Gasteiger partial charge in [-0.25, -0.2) is 0 Å². The molecular formula is C19H26N2O7. The first-order valence-corrected chi connectivity index (χ1v) is 8.92. The molecule has 28 heavy (non-hydrogen) atoms. The molecule has 2 amide bonds. The lowest BCUT2D eigenvalue weighted by atomic mass is 10.2. The molecule has 1 N–H and O–H groups in total. The minimum Gasteiger partial charge on any atom is -0.497 e. The summed E-state index contributed by atoms with van der Waals surface area (Å²) in [5.41, 5.74) is 0.274. The normalized spacial score (nSPS) is 18.9. The van der Waals surface area contributed by atoms with Crippen LogP contribution in [0.5, 0.6) is 11.5 Å². The van der Waals surface area contributed by atoms with E-state index in [1.165, 1.54) is 26.4 Å². The second-order valence-electron chi connectivity index (χ2n) is 6.50. The smallest absolute Gasteiger partial charge is 0.325 e. The van der Waals surface area contributed by atoms with Crippen LogP contribution in [0.1, 0.15) is 24.2 Å². The van der Waals surface area contributed by atoms with Gasteiger partial charge in [0, 0.05) is 24.7 Å². The van der Waals surface area contributed by atoms with Gasteiger partial charge in [0.1, 0.15) is 18.0 Å². The molecule has 2 rings (SSSR count). The molecule has 2 atom stereocenters. The van der Waals surface area contributed by atoms with Gasteiger partial charge in [-0.1, -0.05) is 0 Å². The number of ether oxygens (including phenoxy) is 4. The number of esters is 1. The van der Waals surface area contributed by atoms with E-state index in [4.69, 9.17) is 18.9 Å². The van der Waals surface area contributed by atoms with Gasteiger partial charge in [0.25, 0.3) is 11.8 Å². The fraction of sp³-hybridized carbons (Fsp3) is 0.526. The fourth-order valence-corrected chi connectivity index (χ4v) is 2.86. The van der Waals surface area contributed by atoms with E-state index in [9.17, 15) is 14.4 Å². The van der Waals surface area contributed by atoms with E-state index in [1.54, 1.807) is 11.0 Å². The summed E-state index contributed by atoms with van der Waals surface area (Å²) in [5, 5.41) is 2.45. The molecule has 1 saturated heterocycles. The van der Waals surface area contributed by atoms with E-state index in [1.807, 2.05) is 13.8 Å². The molecule has 0 unspecified atom stereocenters. The van der Waals surface area contributed by atoms with E-state index in [0.717, 1.165) is 0 Å². The molecule has 1 heterocycles. The summed E-state index contributed by atoms with van der Waals surface area (Å²) in [7, 11) is 2.95. The number of benzene rings is 1. The largest absolute Gasteiger partial charge is 0.497 e. The van der Waals surface area contributed by atoms with Crippen molar-refractivity contribution in [1.82, 2.24) is 10.2 Å². The number of amides is 2. The van der Waals surface area contributed by atoms with E-state index in [0.29, 0.717) is 24.6 Å². The second kappa shape index (κ2) is 9.93. The van der Waals surface area contributed by atoms with Crippen molar-refractivity contribution in [3.05, 3.63) is 23.8 Å². The Morgan fingerprint density at radius 1 is 1.07 bits per heavy atom. The zero-order valence-corrected chi connectivity index (χ0v) is 16.5. The number of carbonyl (C=O) groups is 3. The van der Waals surface area contributed by atoms with Crippen molar-refractivity contribution in [3.63, 3.8) is 0 Å². The van der Waals surface area contributed by atoms with Crippen molar-refractivity contribution in [2.75, 3.05) is 40.5 Å². The van der Waals surface area contributed by atoms with Crippen molar-refractivity contribution >= 4 is 17.8 Å². The van der Waals surface area contributed by atoms with Crippen LogP contribution in [0.2, 0.25) is 0 Å². The lowest BCUT2D eigenvalue weighted by Gasteiger charge is -2.35. The Balaban J connectivity index is 1.80. The number of rotatable bonds is 7. The van der Waals surface area contributed by atoms with E-state index < -0.39 is 11.9 Å². The lowest BCUT2D eigenvalue weighted by Crippen LogP contribution is -2.49. The highest BCUT2D eigenvalue weighted by molar-refractivity contribution is 5.96. The van der Waals surface area contributed by atoms with Gasteiger partial charge in [0.05, 0.1) is 26.4 Å². The number of carbonyl (C=O) groups excluding carboxylic acids is 3. The molecule has 154 valence electrons. The van der Waals surface area contributed by atoms with Crippen molar-refractivity contribution in [1.29, 1.82) is 0 Å². The minimum absolute atomic E-state index is 0.0671. The van der Waals surface area contributed by atoms with Gasteiger partial charge < -0.3 is 29.2 Å². The number of hydrogen-bond acceptors (Lipinski definition) is 7. The van der Waals surface area contributed by atoms with Crippen LogP contribution in [0.25, 0.3) is 0 Å². The summed E-state index contributed by atoms with van der Waals surface area (Å²) >= 11 is 0. The zero-order valence-electron chi connectivity index (χ0n) is 16.5. The Bertz CT molecular complexity index is 690. The summed E-state index contributed by atoms with van der Waals surface area (Å²) in [6, 6.07) is 4.67. The van der Waals surface area contributed by atoms with Crippen LogP contribution < -0.4 is 14.8 Å². The third-order valence-electron chi connectivity index (χ3n) is 4.14. The first-order chi connectivity index (χ1) is 13.3. The quantitative estimate of drug-likeness (QED) is 0.676. The highest BCUT2D eigenvalue weighted by Crippen LogP contribution is 2.22. The molecule has 0 spiro atoms. The predicted octanol–water partition coefficient (Wildman–Crippen LogP) is 0.613. The maximum absolute atomic E-state index is 12.2. The van der Waals surface area contributed by atoms with Gasteiger partial charge in [-0.05, 0) is 26.0 Å². The Morgan fingerprint density at radius 2 is 1.64 bits per heavy atom. The SMILES string of the molecule is COc1cc(OC)cc(C(=O)NCC(=O)OCC(=O)N2C[C@H](C)O[C@@H](C)C2)c1. The van der Waals surface area contributed by atoms with Crippen molar-refractivity contribution < 1.29 is 33.3 Å². The average Bonchev–Trinajstić information content (AvgIpc) is 2.68. The highest BCUT2D eigenvalue weighted by atomic mass is 16.5. The second-order valence-corrected chi connectivity index (χ2v) is 6.50. The summed E-state index contributed by atoms with van der Waals surface area (Å²) in [6.45, 7) is 3.93. The van der Waals surface area contributed by atoms with Crippen LogP contribution in [0.3, 0.4) is 0 Å². The molecule has 1 aromatic carbocycles. The highest BCUT2D eigenvalue weighted by Gasteiger charge is 2.26. The third-order valence-corrected chi connectivity index (χ3v) is 4.14. The molecule has 0 radical (unpaired) electrons. The first kappa shape index (κ1) is 21.5. The lowest BCUT2D eigenvalue weighted by molar-refractivity contribution is -0.156. The zero-order chi connectivity index (χ0) is 20.7. The maximum atomic E-state index is 12.2. The average molecular weight is 394 g/mol. The molecule has 0 saturated carbocycles. The monoisotopic (exact) mass is 394 g/mol. The van der Waals surface area contributed by atoms with Gasteiger partial charge in [0.2, 0.25) is 0 Å². The maximum Gasteiger partial charge on any atom is 0.325 e. The molecule has 0 aliphatic carbocycles. The summed E-state index contributed by atoms with van der Waals surface area (Å²) in [4.78, 5) is 37.9. The molecule has 1 aromatic rings. The van der Waals surface area contributed by atoms with Crippen molar-refractivity contribution in [2.45, 2.75) is 26.1 Å². The van der Waals surface area contributed by atoms with Crippen LogP contribution in [-0.2, 0) is 19.1 Å². The summed E-state index contributed by atoms with van der Waals surface area (Å²) < 4.78 is 20.7. The molecule has 0 bridgehead atoms. The minimum atomic E-state index is -0.703. The van der Waals surface area contributed by atoms with Crippen molar-refractivity contribution in [2.24, 2.45) is 0 Å². The first-order valence-electron chi connectivity index (χ1n) is 8.92. The summed E-state index contributed by atoms with van der Waals surface area (Å²) in [6.07, 6.45) is -0.134. The van der Waals surface area contributed by atoms with Crippen LogP contribution >= 0.6 is 0 Å². The van der Waals surface area contributed by atoms with Crippen LogP contribution in [0, 0.1) is 0 Å². The van der Waals surface area contributed by atoms with Crippen LogP contribution in [0.4, 0.5) is 0 Å². The summed E-state index contributed by atoms with van der Waals surface area (Å²) in [5.74, 6) is -0.584. The molecule has 9 nitrogen and oxygen atoms in total.